The summed E-state index contributed by atoms with van der Waals surface area (Å²) >= 11 is 0. The van der Waals surface area contributed by atoms with Gasteiger partial charge < -0.3 is 5.11 Å². The van der Waals surface area contributed by atoms with Crippen molar-refractivity contribution in [2.45, 2.75) is 39.3 Å². The number of likely N-dealkylation sites (tertiary alicyclic amines) is 1. The third-order valence-electron chi connectivity index (χ3n) is 4.06. The van der Waals surface area contributed by atoms with Crippen molar-refractivity contribution >= 4 is 12.0 Å². The molecule has 108 valence electrons. The van der Waals surface area contributed by atoms with Crippen molar-refractivity contribution in [3.63, 3.8) is 0 Å². The van der Waals surface area contributed by atoms with Crippen LogP contribution in [0, 0.1) is 5.92 Å². The third-order valence-corrected chi connectivity index (χ3v) is 4.06. The Balaban J connectivity index is 1.95. The molecule has 1 fully saturated rings. The number of hydrogen-bond acceptors (Lipinski definition) is 2. The molecule has 2 rings (SSSR count). The fourth-order valence-electron chi connectivity index (χ4n) is 2.83. The van der Waals surface area contributed by atoms with Crippen molar-refractivity contribution in [2.75, 3.05) is 6.54 Å². The highest BCUT2D eigenvalue weighted by molar-refractivity contribution is 5.85. The number of rotatable bonds is 4. The second kappa shape index (κ2) is 6.71. The molecule has 2 atom stereocenters. The van der Waals surface area contributed by atoms with Crippen LogP contribution in [0.15, 0.2) is 30.3 Å². The molecule has 3 nitrogen and oxygen atoms in total. The lowest BCUT2D eigenvalue weighted by Gasteiger charge is -2.36. The van der Waals surface area contributed by atoms with E-state index in [2.05, 4.69) is 30.9 Å². The van der Waals surface area contributed by atoms with Crippen LogP contribution in [0.5, 0.6) is 0 Å². The van der Waals surface area contributed by atoms with Crippen molar-refractivity contribution in [2.24, 2.45) is 5.92 Å². The van der Waals surface area contributed by atoms with E-state index < -0.39 is 5.97 Å². The summed E-state index contributed by atoms with van der Waals surface area (Å²) in [4.78, 5) is 13.0. The highest BCUT2D eigenvalue weighted by Gasteiger charge is 2.22. The van der Waals surface area contributed by atoms with E-state index in [1.807, 2.05) is 12.1 Å². The largest absolute Gasteiger partial charge is 0.478 e. The van der Waals surface area contributed by atoms with Crippen molar-refractivity contribution in [3.8, 4) is 0 Å². The first-order valence-corrected chi connectivity index (χ1v) is 7.28. The monoisotopic (exact) mass is 273 g/mol. The Morgan fingerprint density at radius 2 is 2.05 bits per heavy atom. The van der Waals surface area contributed by atoms with Crippen LogP contribution in [-0.4, -0.2) is 28.6 Å². The summed E-state index contributed by atoms with van der Waals surface area (Å²) in [7, 11) is 0. The molecule has 1 N–H and O–H groups in total. The molecule has 0 saturated carbocycles. The molecular formula is C17H23NO2. The van der Waals surface area contributed by atoms with Gasteiger partial charge in [-0.05, 0) is 49.4 Å². The van der Waals surface area contributed by atoms with Gasteiger partial charge in [0.05, 0.1) is 0 Å². The molecule has 1 heterocycles. The molecule has 1 aliphatic rings. The molecule has 1 aliphatic heterocycles. The van der Waals surface area contributed by atoms with Gasteiger partial charge in [-0.15, -0.1) is 0 Å². The molecule has 3 heteroatoms. The van der Waals surface area contributed by atoms with Gasteiger partial charge in [-0.2, -0.15) is 0 Å². The number of nitrogens with zero attached hydrogens (tertiary/aromatic N) is 1. The van der Waals surface area contributed by atoms with Crippen LogP contribution in [-0.2, 0) is 11.3 Å². The fraction of sp³-hybridized carbons (Fsp3) is 0.471. The van der Waals surface area contributed by atoms with Gasteiger partial charge in [-0.25, -0.2) is 4.79 Å². The van der Waals surface area contributed by atoms with Crippen LogP contribution < -0.4 is 0 Å². The molecule has 2 unspecified atom stereocenters. The summed E-state index contributed by atoms with van der Waals surface area (Å²) in [5, 5.41) is 8.60. The van der Waals surface area contributed by atoms with Crippen LogP contribution in [0.2, 0.25) is 0 Å². The maximum absolute atomic E-state index is 10.5. The highest BCUT2D eigenvalue weighted by atomic mass is 16.4. The topological polar surface area (TPSA) is 40.5 Å². The van der Waals surface area contributed by atoms with Gasteiger partial charge in [0.1, 0.15) is 0 Å². The maximum atomic E-state index is 10.5. The van der Waals surface area contributed by atoms with Gasteiger partial charge >= 0.3 is 5.97 Å². The number of hydrogen-bond donors (Lipinski definition) is 1. The van der Waals surface area contributed by atoms with Gasteiger partial charge in [0.2, 0.25) is 0 Å². The molecule has 0 spiro atoms. The second-order valence-electron chi connectivity index (χ2n) is 5.86. The Labute approximate surface area is 120 Å². The summed E-state index contributed by atoms with van der Waals surface area (Å²) in [6.45, 7) is 6.79. The molecule has 1 saturated heterocycles. The molecule has 1 aromatic carbocycles. The number of carboxylic acids is 1. The molecule has 0 aliphatic carbocycles. The van der Waals surface area contributed by atoms with Crippen molar-refractivity contribution in [1.82, 2.24) is 4.90 Å². The Morgan fingerprint density at radius 1 is 1.35 bits per heavy atom. The Kier molecular flexibility index (Phi) is 4.96. The summed E-state index contributed by atoms with van der Waals surface area (Å²) in [6.07, 6.45) is 5.35. The van der Waals surface area contributed by atoms with Crippen molar-refractivity contribution in [1.29, 1.82) is 0 Å². The lowest BCUT2D eigenvalue weighted by molar-refractivity contribution is -0.131. The Hall–Kier alpha value is -1.61. The molecule has 1 aromatic rings. The van der Waals surface area contributed by atoms with E-state index in [4.69, 9.17) is 5.11 Å². The van der Waals surface area contributed by atoms with E-state index in [9.17, 15) is 4.79 Å². The second-order valence-corrected chi connectivity index (χ2v) is 5.86. The van der Waals surface area contributed by atoms with Crippen LogP contribution >= 0.6 is 0 Å². The molecular weight excluding hydrogens is 250 g/mol. The minimum absolute atomic E-state index is 0.644. The Bertz CT molecular complexity index is 478. The van der Waals surface area contributed by atoms with Crippen LogP contribution in [0.3, 0.4) is 0 Å². The standard InChI is InChI=1S/C17H23NO2/c1-13-9-10-18(14(2)11-13)12-16-5-3-15(4-6-16)7-8-17(19)20/h3-8,13-14H,9-12H2,1-2H3,(H,19,20). The van der Waals surface area contributed by atoms with Gasteiger partial charge in [-0.3, -0.25) is 4.90 Å². The van der Waals surface area contributed by atoms with Crippen molar-refractivity contribution in [3.05, 3.63) is 41.5 Å². The van der Waals surface area contributed by atoms with Crippen LogP contribution in [0.1, 0.15) is 37.8 Å². The van der Waals surface area contributed by atoms with Gasteiger partial charge in [0, 0.05) is 18.7 Å². The maximum Gasteiger partial charge on any atom is 0.328 e. The van der Waals surface area contributed by atoms with E-state index in [1.54, 1.807) is 6.08 Å². The molecule has 0 bridgehead atoms. The Morgan fingerprint density at radius 3 is 2.65 bits per heavy atom. The summed E-state index contributed by atoms with van der Waals surface area (Å²) in [6, 6.07) is 8.78. The molecule has 0 aromatic heterocycles. The number of carboxylic acid groups (broad SMARTS) is 1. The highest BCUT2D eigenvalue weighted by Crippen LogP contribution is 2.23. The molecule has 0 radical (unpaired) electrons. The summed E-state index contributed by atoms with van der Waals surface area (Å²) in [5.41, 5.74) is 2.22. The van der Waals surface area contributed by atoms with E-state index in [-0.39, 0.29) is 0 Å². The smallest absolute Gasteiger partial charge is 0.328 e. The minimum Gasteiger partial charge on any atom is -0.478 e. The zero-order chi connectivity index (χ0) is 14.5. The molecule has 0 amide bonds. The quantitative estimate of drug-likeness (QED) is 0.855. The third kappa shape index (κ3) is 4.20. The lowest BCUT2D eigenvalue weighted by atomic mass is 9.93. The van der Waals surface area contributed by atoms with Gasteiger partial charge in [0.25, 0.3) is 0 Å². The van der Waals surface area contributed by atoms with Gasteiger partial charge in [-0.1, -0.05) is 31.2 Å². The van der Waals surface area contributed by atoms with Crippen LogP contribution in [0.25, 0.3) is 6.08 Å². The number of carbonyl (C=O) groups is 1. The normalized spacial score (nSPS) is 24.1. The first-order chi connectivity index (χ1) is 9.54. The SMILES string of the molecule is CC1CCN(Cc2ccc(C=CC(=O)O)cc2)C(C)C1. The first kappa shape index (κ1) is 14.8. The predicted molar refractivity (Wildman–Crippen MR) is 81.4 cm³/mol. The number of benzene rings is 1. The van der Waals surface area contributed by atoms with E-state index in [0.717, 1.165) is 18.0 Å². The average Bonchev–Trinajstić information content (AvgIpc) is 2.41. The zero-order valence-electron chi connectivity index (χ0n) is 12.2. The summed E-state index contributed by atoms with van der Waals surface area (Å²) < 4.78 is 0. The van der Waals surface area contributed by atoms with E-state index in [0.29, 0.717) is 6.04 Å². The van der Waals surface area contributed by atoms with Gasteiger partial charge in [0.15, 0.2) is 0 Å². The number of piperidine rings is 1. The lowest BCUT2D eigenvalue weighted by Crippen LogP contribution is -2.39. The predicted octanol–water partition coefficient (Wildman–Crippen LogP) is 3.40. The van der Waals surface area contributed by atoms with Crippen LogP contribution in [0.4, 0.5) is 0 Å². The zero-order valence-corrected chi connectivity index (χ0v) is 12.2. The fourth-order valence-corrected chi connectivity index (χ4v) is 2.83. The van der Waals surface area contributed by atoms with E-state index >= 15 is 0 Å². The minimum atomic E-state index is -0.912. The summed E-state index contributed by atoms with van der Waals surface area (Å²) in [5.74, 6) is -0.0740. The number of aliphatic carboxylic acids is 1. The molecule has 20 heavy (non-hydrogen) atoms. The first-order valence-electron chi connectivity index (χ1n) is 7.28. The average molecular weight is 273 g/mol. The van der Waals surface area contributed by atoms with Crippen molar-refractivity contribution < 1.29 is 9.90 Å². The van der Waals surface area contributed by atoms with E-state index in [1.165, 1.54) is 31.0 Å².